The third-order valence-electron chi connectivity index (χ3n) is 2.53. The quantitative estimate of drug-likeness (QED) is 0.869. The summed E-state index contributed by atoms with van der Waals surface area (Å²) >= 11 is 0. The molecule has 0 amide bonds. The highest BCUT2D eigenvalue weighted by molar-refractivity contribution is 5.29. The van der Waals surface area contributed by atoms with Gasteiger partial charge in [0.1, 0.15) is 11.9 Å². The number of aliphatic hydroxyl groups excluding tert-OH is 1. The van der Waals surface area contributed by atoms with Gasteiger partial charge in [0.05, 0.1) is 6.61 Å². The van der Waals surface area contributed by atoms with Crippen LogP contribution in [0.15, 0.2) is 54.6 Å². The Hall–Kier alpha value is -1.80. The van der Waals surface area contributed by atoms with Crippen LogP contribution in [0.2, 0.25) is 0 Å². The number of hydrogen-bond acceptors (Lipinski definition) is 2. The average molecular weight is 227 g/mol. The summed E-state index contributed by atoms with van der Waals surface area (Å²) in [5.41, 5.74) is 1.87. The van der Waals surface area contributed by atoms with Gasteiger partial charge in [0.15, 0.2) is 0 Å². The molecule has 87 valence electrons. The van der Waals surface area contributed by atoms with Gasteiger partial charge in [0, 0.05) is 0 Å². The summed E-state index contributed by atoms with van der Waals surface area (Å²) in [7, 11) is 0. The predicted octanol–water partition coefficient (Wildman–Crippen LogP) is 3.13. The zero-order valence-electron chi connectivity index (χ0n) is 9.54. The summed E-state index contributed by atoms with van der Waals surface area (Å²) in [6.45, 7) is 3.99. The highest BCUT2D eigenvalue weighted by atomic mass is 16.5. The Morgan fingerprint density at radius 1 is 1.06 bits per heavy atom. The summed E-state index contributed by atoms with van der Waals surface area (Å²) in [5.74, 6) is 0.723. The summed E-state index contributed by atoms with van der Waals surface area (Å²) < 4.78 is 5.72. The second kappa shape index (κ2) is 5.51. The molecule has 2 aromatic carbocycles. The molecular weight excluding hydrogens is 212 g/mol. The number of hydrogen-bond donors (Lipinski definition) is 1. The van der Waals surface area contributed by atoms with E-state index >= 15 is 0 Å². The fraction of sp³-hybridized carbons (Fsp3) is 0.133. The number of ether oxygens (including phenoxy) is 1. The van der Waals surface area contributed by atoms with Crippen molar-refractivity contribution < 1.29 is 9.84 Å². The van der Waals surface area contributed by atoms with Crippen molar-refractivity contribution in [2.45, 2.75) is 12.7 Å². The number of benzene rings is 2. The van der Waals surface area contributed by atoms with Crippen LogP contribution in [0, 0.1) is 6.92 Å². The number of rotatable bonds is 4. The van der Waals surface area contributed by atoms with E-state index in [1.807, 2.05) is 54.6 Å². The molecule has 17 heavy (non-hydrogen) atoms. The van der Waals surface area contributed by atoms with E-state index in [-0.39, 0.29) is 12.7 Å². The maximum atomic E-state index is 9.04. The molecular formula is C15H15O2. The zero-order chi connectivity index (χ0) is 12.1. The van der Waals surface area contributed by atoms with Gasteiger partial charge in [-0.15, -0.1) is 0 Å². The Morgan fingerprint density at radius 2 is 1.82 bits per heavy atom. The molecule has 0 aliphatic rings. The molecule has 0 aromatic heterocycles. The zero-order valence-corrected chi connectivity index (χ0v) is 9.54. The van der Waals surface area contributed by atoms with Gasteiger partial charge in [0.2, 0.25) is 0 Å². The molecule has 0 fully saturated rings. The Balaban J connectivity index is 2.10. The van der Waals surface area contributed by atoms with Crippen LogP contribution in [0.5, 0.6) is 5.75 Å². The highest BCUT2D eigenvalue weighted by Gasteiger charge is 2.06. The van der Waals surface area contributed by atoms with E-state index in [9.17, 15) is 0 Å². The molecule has 2 heteroatoms. The van der Waals surface area contributed by atoms with Crippen molar-refractivity contribution in [1.29, 1.82) is 0 Å². The fourth-order valence-electron chi connectivity index (χ4n) is 1.62. The van der Waals surface area contributed by atoms with E-state index in [4.69, 9.17) is 9.84 Å². The van der Waals surface area contributed by atoms with Crippen molar-refractivity contribution >= 4 is 0 Å². The first-order valence-corrected chi connectivity index (χ1v) is 5.54. The lowest BCUT2D eigenvalue weighted by Crippen LogP contribution is -2.03. The molecule has 2 aromatic rings. The minimum Gasteiger partial charge on any atom is -0.486 e. The van der Waals surface area contributed by atoms with Gasteiger partial charge in [-0.1, -0.05) is 42.5 Å². The lowest BCUT2D eigenvalue weighted by atomic mass is 10.1. The minimum atomic E-state index is -0.245. The predicted molar refractivity (Wildman–Crippen MR) is 67.5 cm³/mol. The first-order chi connectivity index (χ1) is 8.29. The standard InChI is InChI=1S/C15H15O2/c1-12(14-7-3-2-4-8-14)17-15-9-5-6-13(10-15)11-16/h2-10,12,16H,1,11H2. The van der Waals surface area contributed by atoms with Crippen molar-refractivity contribution in [3.05, 3.63) is 72.6 Å². The van der Waals surface area contributed by atoms with Gasteiger partial charge < -0.3 is 9.84 Å². The molecule has 0 bridgehead atoms. The molecule has 0 saturated heterocycles. The van der Waals surface area contributed by atoms with Crippen LogP contribution in [0.25, 0.3) is 0 Å². The molecule has 1 radical (unpaired) electrons. The van der Waals surface area contributed by atoms with Gasteiger partial charge >= 0.3 is 0 Å². The van der Waals surface area contributed by atoms with Crippen LogP contribution in [-0.4, -0.2) is 5.11 Å². The van der Waals surface area contributed by atoms with Gasteiger partial charge in [-0.3, -0.25) is 0 Å². The second-order valence-electron chi connectivity index (χ2n) is 3.82. The Labute approximate surface area is 101 Å². The first kappa shape index (κ1) is 11.7. The summed E-state index contributed by atoms with van der Waals surface area (Å²) in [6.07, 6.45) is -0.245. The number of aliphatic hydroxyl groups is 1. The van der Waals surface area contributed by atoms with Crippen LogP contribution in [0.3, 0.4) is 0 Å². The smallest absolute Gasteiger partial charge is 0.124 e. The fourth-order valence-corrected chi connectivity index (χ4v) is 1.62. The van der Waals surface area contributed by atoms with Crippen molar-refractivity contribution in [3.8, 4) is 5.75 Å². The summed E-state index contributed by atoms with van der Waals surface area (Å²) in [5, 5.41) is 9.04. The Morgan fingerprint density at radius 3 is 2.53 bits per heavy atom. The van der Waals surface area contributed by atoms with Crippen LogP contribution >= 0.6 is 0 Å². The van der Waals surface area contributed by atoms with E-state index in [0.29, 0.717) is 0 Å². The van der Waals surface area contributed by atoms with Crippen molar-refractivity contribution in [2.75, 3.05) is 0 Å². The molecule has 0 spiro atoms. The third-order valence-corrected chi connectivity index (χ3v) is 2.53. The molecule has 1 unspecified atom stereocenters. The maximum Gasteiger partial charge on any atom is 0.124 e. The molecule has 1 N–H and O–H groups in total. The lowest BCUT2D eigenvalue weighted by Gasteiger charge is -2.15. The van der Waals surface area contributed by atoms with Crippen molar-refractivity contribution in [2.24, 2.45) is 0 Å². The maximum absolute atomic E-state index is 9.04. The van der Waals surface area contributed by atoms with E-state index in [1.54, 1.807) is 0 Å². The normalized spacial score (nSPS) is 12.1. The van der Waals surface area contributed by atoms with Crippen LogP contribution < -0.4 is 4.74 Å². The molecule has 2 nitrogen and oxygen atoms in total. The summed E-state index contributed by atoms with van der Waals surface area (Å²) in [4.78, 5) is 0. The van der Waals surface area contributed by atoms with Crippen LogP contribution in [0.1, 0.15) is 17.2 Å². The van der Waals surface area contributed by atoms with Crippen molar-refractivity contribution in [1.82, 2.24) is 0 Å². The molecule has 0 heterocycles. The molecule has 0 aliphatic heterocycles. The molecule has 0 saturated carbocycles. The van der Waals surface area contributed by atoms with E-state index in [0.717, 1.165) is 16.9 Å². The third kappa shape index (κ3) is 3.08. The monoisotopic (exact) mass is 227 g/mol. The second-order valence-corrected chi connectivity index (χ2v) is 3.82. The average Bonchev–Trinajstić information content (AvgIpc) is 2.40. The SMILES string of the molecule is [CH2]C(Oc1cccc(CO)c1)c1ccccc1. The van der Waals surface area contributed by atoms with Crippen LogP contribution in [0.4, 0.5) is 0 Å². The highest BCUT2D eigenvalue weighted by Crippen LogP contribution is 2.21. The van der Waals surface area contributed by atoms with Gasteiger partial charge in [-0.05, 0) is 30.2 Å². The molecule has 1 atom stereocenters. The Kier molecular flexibility index (Phi) is 3.78. The van der Waals surface area contributed by atoms with Crippen LogP contribution in [-0.2, 0) is 6.61 Å². The topological polar surface area (TPSA) is 29.5 Å². The summed E-state index contributed by atoms with van der Waals surface area (Å²) in [6, 6.07) is 17.2. The minimum absolute atomic E-state index is 0.0182. The van der Waals surface area contributed by atoms with Gasteiger partial charge in [-0.25, -0.2) is 0 Å². The molecule has 2 rings (SSSR count). The van der Waals surface area contributed by atoms with Crippen molar-refractivity contribution in [3.63, 3.8) is 0 Å². The lowest BCUT2D eigenvalue weighted by molar-refractivity contribution is 0.250. The van der Waals surface area contributed by atoms with E-state index < -0.39 is 0 Å². The van der Waals surface area contributed by atoms with Gasteiger partial charge in [-0.2, -0.15) is 0 Å². The Bertz CT molecular complexity index is 465. The van der Waals surface area contributed by atoms with E-state index in [2.05, 4.69) is 6.92 Å². The van der Waals surface area contributed by atoms with E-state index in [1.165, 1.54) is 0 Å². The largest absolute Gasteiger partial charge is 0.486 e. The van der Waals surface area contributed by atoms with Gasteiger partial charge in [0.25, 0.3) is 0 Å². The molecule has 0 aliphatic carbocycles. The first-order valence-electron chi connectivity index (χ1n) is 5.54.